The Morgan fingerprint density at radius 3 is 2.70 bits per heavy atom. The first-order chi connectivity index (χ1) is 13.1. The molecule has 0 radical (unpaired) electrons. The largest absolute Gasteiger partial charge is 0.434 e. The molecule has 7 heteroatoms. The summed E-state index contributed by atoms with van der Waals surface area (Å²) in [7, 11) is 0. The summed E-state index contributed by atoms with van der Waals surface area (Å²) in [6.45, 7) is -2.42. The van der Waals surface area contributed by atoms with Gasteiger partial charge in [0.2, 0.25) is 5.91 Å². The lowest BCUT2D eigenvalue weighted by molar-refractivity contribution is -0.111. The van der Waals surface area contributed by atoms with Crippen molar-refractivity contribution in [2.45, 2.75) is 13.2 Å². The average Bonchev–Trinajstić information content (AvgIpc) is 3.15. The van der Waals surface area contributed by atoms with Crippen LogP contribution in [0.2, 0.25) is 0 Å². The lowest BCUT2D eigenvalue weighted by Gasteiger charge is -2.10. The third-order valence-electron chi connectivity index (χ3n) is 3.72. The van der Waals surface area contributed by atoms with Gasteiger partial charge in [-0.1, -0.05) is 36.4 Å². The second-order valence-corrected chi connectivity index (χ2v) is 5.60. The molecule has 0 bridgehead atoms. The summed E-state index contributed by atoms with van der Waals surface area (Å²) in [5, 5.41) is 6.95. The fourth-order valence-corrected chi connectivity index (χ4v) is 2.51. The summed E-state index contributed by atoms with van der Waals surface area (Å²) in [5.41, 5.74) is 1.93. The van der Waals surface area contributed by atoms with Gasteiger partial charge in [0, 0.05) is 29.7 Å². The maximum absolute atomic E-state index is 12.5. The fourth-order valence-electron chi connectivity index (χ4n) is 2.51. The van der Waals surface area contributed by atoms with E-state index in [-0.39, 0.29) is 11.7 Å². The van der Waals surface area contributed by atoms with E-state index in [1.165, 1.54) is 18.2 Å². The Morgan fingerprint density at radius 2 is 1.93 bits per heavy atom. The van der Waals surface area contributed by atoms with Crippen LogP contribution in [0, 0.1) is 0 Å². The molecule has 27 heavy (non-hydrogen) atoms. The second kappa shape index (κ2) is 8.75. The van der Waals surface area contributed by atoms with Gasteiger partial charge in [0.25, 0.3) is 0 Å². The van der Waals surface area contributed by atoms with Crippen molar-refractivity contribution in [1.29, 1.82) is 0 Å². The first-order valence-electron chi connectivity index (χ1n) is 8.20. The Hall–Kier alpha value is -3.48. The number of halogens is 2. The van der Waals surface area contributed by atoms with Crippen molar-refractivity contribution in [3.63, 3.8) is 0 Å². The number of ether oxygens (including phenoxy) is 1. The molecule has 3 rings (SSSR count). The van der Waals surface area contributed by atoms with Gasteiger partial charge >= 0.3 is 6.61 Å². The number of hydrogen-bond donors (Lipinski definition) is 1. The predicted molar refractivity (Wildman–Crippen MR) is 98.5 cm³/mol. The number of anilines is 1. The summed E-state index contributed by atoms with van der Waals surface area (Å²) in [6, 6.07) is 15.5. The second-order valence-electron chi connectivity index (χ2n) is 5.60. The minimum Gasteiger partial charge on any atom is -0.434 e. The average molecular weight is 369 g/mol. The summed E-state index contributed by atoms with van der Waals surface area (Å²) in [6.07, 6.45) is 6.23. The Morgan fingerprint density at radius 1 is 1.15 bits per heavy atom. The summed E-state index contributed by atoms with van der Waals surface area (Å²) >= 11 is 0. The van der Waals surface area contributed by atoms with E-state index < -0.39 is 6.61 Å². The van der Waals surface area contributed by atoms with E-state index in [0.29, 0.717) is 17.8 Å². The molecule has 0 atom stereocenters. The number of rotatable bonds is 7. The smallest absolute Gasteiger partial charge is 0.387 e. The number of carbonyl (C=O) groups is 1. The van der Waals surface area contributed by atoms with Crippen LogP contribution in [0.3, 0.4) is 0 Å². The van der Waals surface area contributed by atoms with Crippen LogP contribution in [-0.2, 0) is 11.3 Å². The molecule has 2 aromatic carbocycles. The molecule has 3 aromatic rings. The first-order valence-corrected chi connectivity index (χ1v) is 8.20. The van der Waals surface area contributed by atoms with Crippen molar-refractivity contribution in [2.24, 2.45) is 0 Å². The maximum atomic E-state index is 12.5. The van der Waals surface area contributed by atoms with E-state index in [1.54, 1.807) is 35.1 Å². The zero-order chi connectivity index (χ0) is 19.1. The zero-order valence-electron chi connectivity index (χ0n) is 14.3. The number of carbonyl (C=O) groups excluding carboxylic acids is 1. The maximum Gasteiger partial charge on any atom is 0.387 e. The molecule has 1 N–H and O–H groups in total. The van der Waals surface area contributed by atoms with Crippen molar-refractivity contribution in [1.82, 2.24) is 9.78 Å². The molecule has 5 nitrogen and oxygen atoms in total. The van der Waals surface area contributed by atoms with Gasteiger partial charge in [0.1, 0.15) is 5.75 Å². The normalized spacial score (nSPS) is 11.1. The monoisotopic (exact) mass is 369 g/mol. The fraction of sp³-hybridized carbons (Fsp3) is 0.100. The molecule has 0 unspecified atom stereocenters. The van der Waals surface area contributed by atoms with Crippen molar-refractivity contribution in [2.75, 3.05) is 5.32 Å². The lowest BCUT2D eigenvalue weighted by atomic mass is 10.1. The highest BCUT2D eigenvalue weighted by Gasteiger charge is 2.08. The quantitative estimate of drug-likeness (QED) is 0.636. The topological polar surface area (TPSA) is 56.1 Å². The Balaban J connectivity index is 1.71. The van der Waals surface area contributed by atoms with Gasteiger partial charge in [-0.15, -0.1) is 0 Å². The highest BCUT2D eigenvalue weighted by molar-refractivity contribution is 6.02. The molecular weight excluding hydrogens is 352 g/mol. The summed E-state index contributed by atoms with van der Waals surface area (Å²) in [5.74, 6) is -0.370. The van der Waals surface area contributed by atoms with Crippen LogP contribution in [0.15, 0.2) is 73.1 Å². The van der Waals surface area contributed by atoms with Gasteiger partial charge in [-0.2, -0.15) is 13.9 Å². The molecule has 0 aliphatic rings. The van der Waals surface area contributed by atoms with Crippen LogP contribution < -0.4 is 10.1 Å². The van der Waals surface area contributed by atoms with Gasteiger partial charge in [-0.3, -0.25) is 9.48 Å². The van der Waals surface area contributed by atoms with Crippen LogP contribution in [0.5, 0.6) is 5.75 Å². The highest BCUT2D eigenvalue weighted by Crippen LogP contribution is 2.22. The molecule has 1 aromatic heterocycles. The molecule has 0 fully saturated rings. The number of aromatic nitrogens is 2. The van der Waals surface area contributed by atoms with Crippen molar-refractivity contribution in [3.05, 3.63) is 84.2 Å². The number of nitrogens with one attached hydrogen (secondary N) is 1. The van der Waals surface area contributed by atoms with E-state index in [0.717, 1.165) is 5.56 Å². The standard InChI is InChI=1S/C20H17F2N3O2/c21-20(22)27-18-9-4-2-6-15(18)10-11-19(26)24-17-8-3-1-7-16(17)14-25-13-5-12-23-25/h1-13,20H,14H2,(H,24,26)/b11-10+. The molecule has 0 spiro atoms. The predicted octanol–water partition coefficient (Wildman–Crippen LogP) is 4.18. The zero-order valence-corrected chi connectivity index (χ0v) is 14.3. The van der Waals surface area contributed by atoms with Gasteiger partial charge < -0.3 is 10.1 Å². The summed E-state index contributed by atoms with van der Waals surface area (Å²) in [4.78, 5) is 12.3. The number of hydrogen-bond acceptors (Lipinski definition) is 3. The Kier molecular flexibility index (Phi) is 5.94. The number of amides is 1. The van der Waals surface area contributed by atoms with Crippen LogP contribution in [0.1, 0.15) is 11.1 Å². The molecule has 0 aliphatic heterocycles. The number of alkyl halides is 2. The van der Waals surface area contributed by atoms with Crippen LogP contribution in [0.4, 0.5) is 14.5 Å². The van der Waals surface area contributed by atoms with Crippen LogP contribution in [-0.4, -0.2) is 22.3 Å². The molecule has 0 saturated carbocycles. The van der Waals surface area contributed by atoms with Gasteiger partial charge in [-0.05, 0) is 29.8 Å². The SMILES string of the molecule is O=C(/C=C/c1ccccc1OC(F)F)Nc1ccccc1Cn1cccn1. The van der Waals surface area contributed by atoms with Crippen molar-refractivity contribution < 1.29 is 18.3 Å². The summed E-state index contributed by atoms with van der Waals surface area (Å²) < 4.78 is 31.1. The minimum atomic E-state index is -2.93. The molecule has 1 amide bonds. The highest BCUT2D eigenvalue weighted by atomic mass is 19.3. The molecule has 1 heterocycles. The molecule has 0 aliphatic carbocycles. The number of benzene rings is 2. The van der Waals surface area contributed by atoms with E-state index in [1.807, 2.05) is 30.5 Å². The first kappa shape index (κ1) is 18.3. The minimum absolute atomic E-state index is 0.00984. The van der Waals surface area contributed by atoms with E-state index in [2.05, 4.69) is 15.2 Å². The van der Waals surface area contributed by atoms with E-state index in [9.17, 15) is 13.6 Å². The third-order valence-corrected chi connectivity index (χ3v) is 3.72. The molecular formula is C20H17F2N3O2. The third kappa shape index (κ3) is 5.24. The molecule has 0 saturated heterocycles. The van der Waals surface area contributed by atoms with E-state index >= 15 is 0 Å². The van der Waals surface area contributed by atoms with Gasteiger partial charge in [0.05, 0.1) is 6.54 Å². The van der Waals surface area contributed by atoms with Gasteiger partial charge in [0.15, 0.2) is 0 Å². The number of nitrogens with zero attached hydrogens (tertiary/aromatic N) is 2. The van der Waals surface area contributed by atoms with Gasteiger partial charge in [-0.25, -0.2) is 0 Å². The lowest BCUT2D eigenvalue weighted by Crippen LogP contribution is -2.11. The molecule has 138 valence electrons. The number of para-hydroxylation sites is 2. The van der Waals surface area contributed by atoms with Crippen LogP contribution in [0.25, 0.3) is 6.08 Å². The van der Waals surface area contributed by atoms with Crippen molar-refractivity contribution >= 4 is 17.7 Å². The Labute approximate surface area is 154 Å². The van der Waals surface area contributed by atoms with E-state index in [4.69, 9.17) is 0 Å². The van der Waals surface area contributed by atoms with Crippen LogP contribution >= 0.6 is 0 Å². The van der Waals surface area contributed by atoms with Crippen molar-refractivity contribution in [3.8, 4) is 5.75 Å². The Bertz CT molecular complexity index is 924.